The fourth-order valence-corrected chi connectivity index (χ4v) is 2.18. The van der Waals surface area contributed by atoms with Crippen LogP contribution in [0.25, 0.3) is 0 Å². The molecule has 0 bridgehead atoms. The maximum atomic E-state index is 11.5. The second kappa shape index (κ2) is 15.2. The van der Waals surface area contributed by atoms with Gasteiger partial charge in [-0.1, -0.05) is 64.9 Å². The molecule has 0 saturated heterocycles. The number of aliphatic hydroxyl groups excluding tert-OH is 1. The van der Waals surface area contributed by atoms with Gasteiger partial charge in [0.25, 0.3) is 0 Å². The molecule has 1 atom stereocenters. The van der Waals surface area contributed by atoms with E-state index in [1.165, 1.54) is 45.4 Å². The Kier molecular flexibility index (Phi) is 14.3. The van der Waals surface area contributed by atoms with Crippen molar-refractivity contribution in [1.82, 2.24) is 0 Å². The first-order valence-corrected chi connectivity index (χ1v) is 9.13. The number of aliphatic hydroxyl groups is 1. The largest absolute Gasteiger partial charge is 0.463 e. The van der Waals surface area contributed by atoms with E-state index in [0.29, 0.717) is 6.42 Å². The zero-order valence-electron chi connectivity index (χ0n) is 15.3. The molecule has 0 aromatic rings. The Balaban J connectivity index is 3.46. The lowest BCUT2D eigenvalue weighted by Crippen LogP contribution is -2.25. The normalized spacial score (nSPS) is 11.8. The molecule has 0 aliphatic heterocycles. The van der Waals surface area contributed by atoms with Crippen LogP contribution < -0.4 is 0 Å². The van der Waals surface area contributed by atoms with Gasteiger partial charge in [0, 0.05) is 12.0 Å². The summed E-state index contributed by atoms with van der Waals surface area (Å²) in [5, 5.41) is 9.57. The van der Waals surface area contributed by atoms with Gasteiger partial charge in [-0.2, -0.15) is 0 Å². The van der Waals surface area contributed by atoms with Crippen LogP contribution in [0.3, 0.4) is 0 Å². The van der Waals surface area contributed by atoms with Crippen LogP contribution in [0.15, 0.2) is 12.2 Å². The molecule has 0 fully saturated rings. The van der Waals surface area contributed by atoms with E-state index in [9.17, 15) is 14.7 Å². The molecule has 0 aromatic carbocycles. The van der Waals surface area contributed by atoms with Crippen LogP contribution in [-0.4, -0.2) is 36.4 Å². The standard InChI is InChI=1S/C19H34O5/c1-4-5-6-7-8-9-10-11-12-13-18(21)23-14-17(20)15-24-19(22)16(2)3/h17,20H,2,4-15H2,1,3H3. The molecule has 0 spiro atoms. The summed E-state index contributed by atoms with van der Waals surface area (Å²) in [6.45, 7) is 6.83. The Hall–Kier alpha value is -1.36. The van der Waals surface area contributed by atoms with Gasteiger partial charge in [0.2, 0.25) is 0 Å². The number of esters is 2. The predicted molar refractivity (Wildman–Crippen MR) is 94.6 cm³/mol. The topological polar surface area (TPSA) is 72.8 Å². The van der Waals surface area contributed by atoms with Crippen molar-refractivity contribution < 1.29 is 24.2 Å². The first-order chi connectivity index (χ1) is 11.5. The number of ether oxygens (including phenoxy) is 2. The third-order valence-electron chi connectivity index (χ3n) is 3.68. The average molecular weight is 342 g/mol. The summed E-state index contributed by atoms with van der Waals surface area (Å²) in [6.07, 6.45) is 10.1. The summed E-state index contributed by atoms with van der Waals surface area (Å²) in [5.41, 5.74) is 0.268. The SMILES string of the molecule is C=C(C)C(=O)OCC(O)COC(=O)CCCCCCCCCCC. The van der Waals surface area contributed by atoms with Crippen LogP contribution in [0.1, 0.15) is 78.1 Å². The van der Waals surface area contributed by atoms with Crippen LogP contribution in [0.5, 0.6) is 0 Å². The van der Waals surface area contributed by atoms with Gasteiger partial charge in [-0.3, -0.25) is 4.79 Å². The van der Waals surface area contributed by atoms with Crippen molar-refractivity contribution in [2.45, 2.75) is 84.2 Å². The highest BCUT2D eigenvalue weighted by molar-refractivity contribution is 5.86. The van der Waals surface area contributed by atoms with E-state index in [0.717, 1.165) is 19.3 Å². The number of carbonyl (C=O) groups excluding carboxylic acids is 2. The highest BCUT2D eigenvalue weighted by atomic mass is 16.6. The van der Waals surface area contributed by atoms with E-state index in [1.807, 2.05) is 0 Å². The molecule has 1 unspecified atom stereocenters. The molecule has 0 heterocycles. The summed E-state index contributed by atoms with van der Waals surface area (Å²) >= 11 is 0. The van der Waals surface area contributed by atoms with E-state index in [-0.39, 0.29) is 24.8 Å². The number of hydrogen-bond donors (Lipinski definition) is 1. The quantitative estimate of drug-likeness (QED) is 0.277. The van der Waals surface area contributed by atoms with E-state index < -0.39 is 12.1 Å². The van der Waals surface area contributed by atoms with Gasteiger partial charge < -0.3 is 14.6 Å². The smallest absolute Gasteiger partial charge is 0.333 e. The highest BCUT2D eigenvalue weighted by Crippen LogP contribution is 2.10. The van der Waals surface area contributed by atoms with Crippen molar-refractivity contribution >= 4 is 11.9 Å². The van der Waals surface area contributed by atoms with Gasteiger partial charge in [0.05, 0.1) is 0 Å². The van der Waals surface area contributed by atoms with Gasteiger partial charge in [-0.15, -0.1) is 0 Å². The zero-order chi connectivity index (χ0) is 18.2. The minimum atomic E-state index is -1.000. The molecule has 140 valence electrons. The molecule has 0 aliphatic carbocycles. The summed E-state index contributed by atoms with van der Waals surface area (Å²) in [6, 6.07) is 0. The predicted octanol–water partition coefficient (Wildman–Crippen LogP) is 3.93. The maximum Gasteiger partial charge on any atom is 0.333 e. The van der Waals surface area contributed by atoms with Gasteiger partial charge in [0.1, 0.15) is 19.3 Å². The van der Waals surface area contributed by atoms with Crippen molar-refractivity contribution in [2.24, 2.45) is 0 Å². The lowest BCUT2D eigenvalue weighted by Gasteiger charge is -2.12. The van der Waals surface area contributed by atoms with Crippen LogP contribution in [-0.2, 0) is 19.1 Å². The van der Waals surface area contributed by atoms with E-state index in [1.54, 1.807) is 0 Å². The lowest BCUT2D eigenvalue weighted by molar-refractivity contribution is -0.150. The van der Waals surface area contributed by atoms with Crippen LogP contribution in [0.4, 0.5) is 0 Å². The van der Waals surface area contributed by atoms with E-state index in [4.69, 9.17) is 9.47 Å². The number of carbonyl (C=O) groups is 2. The first kappa shape index (κ1) is 22.6. The van der Waals surface area contributed by atoms with Crippen molar-refractivity contribution in [3.8, 4) is 0 Å². The fourth-order valence-electron chi connectivity index (χ4n) is 2.18. The monoisotopic (exact) mass is 342 g/mol. The van der Waals surface area contributed by atoms with Crippen molar-refractivity contribution in [3.63, 3.8) is 0 Å². The summed E-state index contributed by atoms with van der Waals surface area (Å²) < 4.78 is 9.74. The Bertz CT molecular complexity index is 365. The van der Waals surface area contributed by atoms with Gasteiger partial charge >= 0.3 is 11.9 Å². The fraction of sp³-hybridized carbons (Fsp3) is 0.789. The molecule has 0 rings (SSSR count). The molecule has 0 aromatic heterocycles. The Morgan fingerprint density at radius 2 is 1.42 bits per heavy atom. The molecule has 1 N–H and O–H groups in total. The molecular formula is C19H34O5. The van der Waals surface area contributed by atoms with E-state index >= 15 is 0 Å². The summed E-state index contributed by atoms with van der Waals surface area (Å²) in [4.78, 5) is 22.7. The molecule has 0 amide bonds. The van der Waals surface area contributed by atoms with Gasteiger partial charge in [-0.05, 0) is 13.3 Å². The Labute approximate surface area is 146 Å². The van der Waals surface area contributed by atoms with Crippen molar-refractivity contribution in [2.75, 3.05) is 13.2 Å². The maximum absolute atomic E-state index is 11.5. The third-order valence-corrected chi connectivity index (χ3v) is 3.68. The van der Waals surface area contributed by atoms with Crippen molar-refractivity contribution in [3.05, 3.63) is 12.2 Å². The molecule has 5 heteroatoms. The van der Waals surface area contributed by atoms with Crippen LogP contribution in [0.2, 0.25) is 0 Å². The van der Waals surface area contributed by atoms with Crippen molar-refractivity contribution in [1.29, 1.82) is 0 Å². The second-order valence-electron chi connectivity index (χ2n) is 6.29. The molecule has 5 nitrogen and oxygen atoms in total. The first-order valence-electron chi connectivity index (χ1n) is 9.13. The minimum Gasteiger partial charge on any atom is -0.463 e. The molecule has 0 saturated carbocycles. The highest BCUT2D eigenvalue weighted by Gasteiger charge is 2.12. The van der Waals surface area contributed by atoms with E-state index in [2.05, 4.69) is 13.5 Å². The minimum absolute atomic E-state index is 0.153. The zero-order valence-corrected chi connectivity index (χ0v) is 15.3. The molecule has 0 radical (unpaired) electrons. The number of rotatable bonds is 15. The summed E-state index contributed by atoms with van der Waals surface area (Å²) in [7, 11) is 0. The van der Waals surface area contributed by atoms with Gasteiger partial charge in [0.15, 0.2) is 0 Å². The van der Waals surface area contributed by atoms with Crippen LogP contribution in [0, 0.1) is 0 Å². The molecule has 24 heavy (non-hydrogen) atoms. The Morgan fingerprint density at radius 1 is 0.917 bits per heavy atom. The molecule has 0 aliphatic rings. The Morgan fingerprint density at radius 3 is 1.96 bits per heavy atom. The third kappa shape index (κ3) is 14.2. The number of hydrogen-bond acceptors (Lipinski definition) is 5. The number of unbranched alkanes of at least 4 members (excludes halogenated alkanes) is 8. The second-order valence-corrected chi connectivity index (χ2v) is 6.29. The van der Waals surface area contributed by atoms with Gasteiger partial charge in [-0.25, -0.2) is 4.79 Å². The summed E-state index contributed by atoms with van der Waals surface area (Å²) in [5.74, 6) is -0.877. The average Bonchev–Trinajstić information content (AvgIpc) is 2.56. The van der Waals surface area contributed by atoms with Crippen LogP contribution >= 0.6 is 0 Å². The molecular weight excluding hydrogens is 308 g/mol. The lowest BCUT2D eigenvalue weighted by atomic mass is 10.1.